The fourth-order valence-corrected chi connectivity index (χ4v) is 3.84. The molecule has 0 bridgehead atoms. The van der Waals surface area contributed by atoms with Crippen molar-refractivity contribution in [2.24, 2.45) is 5.41 Å². The Labute approximate surface area is 162 Å². The molecule has 0 atom stereocenters. The van der Waals surface area contributed by atoms with Crippen molar-refractivity contribution in [3.63, 3.8) is 0 Å². The van der Waals surface area contributed by atoms with Crippen LogP contribution in [-0.2, 0) is 14.8 Å². The quantitative estimate of drug-likeness (QED) is 0.649. The van der Waals surface area contributed by atoms with E-state index in [2.05, 4.69) is 19.8 Å². The molecule has 0 saturated carbocycles. The molecular weight excluding hydrogens is 411 g/mol. The molecular formula is C15H23ClF3N3O4S. The van der Waals surface area contributed by atoms with Crippen molar-refractivity contribution in [2.75, 3.05) is 40.0 Å². The van der Waals surface area contributed by atoms with Gasteiger partial charge in [-0.2, -0.15) is 13.2 Å². The van der Waals surface area contributed by atoms with Crippen LogP contribution in [0.1, 0.15) is 12.8 Å². The Kier molecular flexibility index (Phi) is 8.74. The summed E-state index contributed by atoms with van der Waals surface area (Å²) in [4.78, 5) is 3.48. The molecule has 2 rings (SSSR count). The van der Waals surface area contributed by atoms with Crippen molar-refractivity contribution in [1.82, 2.24) is 15.0 Å². The average Bonchev–Trinajstić information content (AvgIpc) is 2.59. The minimum absolute atomic E-state index is 0. The molecule has 0 amide bonds. The summed E-state index contributed by atoms with van der Waals surface area (Å²) in [6.07, 6.45) is -1.98. The summed E-state index contributed by atoms with van der Waals surface area (Å²) in [5.41, 5.74) is -0.295. The maximum absolute atomic E-state index is 12.4. The van der Waals surface area contributed by atoms with Gasteiger partial charge in [0.25, 0.3) is 0 Å². The fourth-order valence-electron chi connectivity index (χ4n) is 2.73. The molecule has 0 aliphatic carbocycles. The van der Waals surface area contributed by atoms with Crippen molar-refractivity contribution >= 4 is 22.4 Å². The molecule has 1 aromatic heterocycles. The van der Waals surface area contributed by atoms with Crippen LogP contribution in [0.5, 0.6) is 5.88 Å². The molecule has 156 valence electrons. The number of nitrogens with zero attached hydrogens (tertiary/aromatic N) is 1. The van der Waals surface area contributed by atoms with E-state index in [-0.39, 0.29) is 35.1 Å². The van der Waals surface area contributed by atoms with Crippen molar-refractivity contribution in [3.8, 4) is 5.88 Å². The lowest BCUT2D eigenvalue weighted by atomic mass is 9.80. The van der Waals surface area contributed by atoms with Crippen molar-refractivity contribution < 1.29 is 31.1 Å². The van der Waals surface area contributed by atoms with Crippen LogP contribution >= 0.6 is 12.4 Å². The van der Waals surface area contributed by atoms with Gasteiger partial charge >= 0.3 is 6.18 Å². The number of piperidine rings is 1. The molecule has 0 aromatic carbocycles. The summed E-state index contributed by atoms with van der Waals surface area (Å²) in [6.45, 7) is 0.699. The Hall–Kier alpha value is -1.14. The smallest absolute Gasteiger partial charge is 0.422 e. The van der Waals surface area contributed by atoms with E-state index in [1.165, 1.54) is 0 Å². The highest BCUT2D eigenvalue weighted by Crippen LogP contribution is 2.29. The predicted octanol–water partition coefficient (Wildman–Crippen LogP) is 1.74. The minimum Gasteiger partial charge on any atom is -0.468 e. The van der Waals surface area contributed by atoms with Crippen LogP contribution in [0.15, 0.2) is 23.2 Å². The standard InChI is InChI=1S/C15H22F3N3O4S.ClH/c1-24-10-14(4-6-19-7-5-14)9-21-26(22,23)12-2-3-13(20-8-12)25-11-15(16,17)18;/h2-3,8,19,21H,4-7,9-11H2,1H3;1H. The number of nitrogens with one attached hydrogen (secondary N) is 2. The van der Waals surface area contributed by atoms with Gasteiger partial charge in [0.15, 0.2) is 6.61 Å². The Balaban J connectivity index is 0.00000364. The van der Waals surface area contributed by atoms with Crippen LogP contribution in [0, 0.1) is 5.41 Å². The second kappa shape index (κ2) is 9.87. The summed E-state index contributed by atoms with van der Waals surface area (Å²) in [5.74, 6) is -0.296. The molecule has 1 fully saturated rings. The molecule has 1 aliphatic heterocycles. The number of pyridine rings is 1. The largest absolute Gasteiger partial charge is 0.468 e. The first-order valence-electron chi connectivity index (χ1n) is 8.01. The highest BCUT2D eigenvalue weighted by Gasteiger charge is 2.34. The third-order valence-electron chi connectivity index (χ3n) is 4.16. The maximum atomic E-state index is 12.4. The number of rotatable bonds is 8. The molecule has 0 unspecified atom stereocenters. The predicted molar refractivity (Wildman–Crippen MR) is 94.6 cm³/mol. The number of hydrogen-bond acceptors (Lipinski definition) is 6. The van der Waals surface area contributed by atoms with Crippen molar-refractivity contribution in [3.05, 3.63) is 18.3 Å². The Bertz CT molecular complexity index is 675. The molecule has 1 saturated heterocycles. The van der Waals surface area contributed by atoms with Gasteiger partial charge in [0.1, 0.15) is 4.90 Å². The minimum atomic E-state index is -4.49. The zero-order chi connectivity index (χ0) is 19.3. The van der Waals surface area contributed by atoms with Crippen molar-refractivity contribution in [1.29, 1.82) is 0 Å². The lowest BCUT2D eigenvalue weighted by Gasteiger charge is -2.37. The summed E-state index contributed by atoms with van der Waals surface area (Å²) in [5, 5.41) is 3.22. The highest BCUT2D eigenvalue weighted by molar-refractivity contribution is 7.89. The van der Waals surface area contributed by atoms with Gasteiger partial charge in [-0.1, -0.05) is 0 Å². The highest BCUT2D eigenvalue weighted by atomic mass is 35.5. The molecule has 1 aromatic rings. The monoisotopic (exact) mass is 433 g/mol. The van der Waals surface area contributed by atoms with Gasteiger partial charge in [0, 0.05) is 25.1 Å². The Morgan fingerprint density at radius 2 is 1.96 bits per heavy atom. The molecule has 0 radical (unpaired) electrons. The topological polar surface area (TPSA) is 89.5 Å². The average molecular weight is 434 g/mol. The molecule has 1 aliphatic rings. The third kappa shape index (κ3) is 7.41. The second-order valence-electron chi connectivity index (χ2n) is 6.24. The molecule has 12 heteroatoms. The maximum Gasteiger partial charge on any atom is 0.422 e. The molecule has 27 heavy (non-hydrogen) atoms. The van der Waals surface area contributed by atoms with Gasteiger partial charge in [-0.15, -0.1) is 12.4 Å². The molecule has 0 spiro atoms. The first-order valence-corrected chi connectivity index (χ1v) is 9.49. The first kappa shape index (κ1) is 23.9. The Morgan fingerprint density at radius 1 is 1.30 bits per heavy atom. The summed E-state index contributed by atoms with van der Waals surface area (Å²) >= 11 is 0. The van der Waals surface area contributed by atoms with Crippen LogP contribution < -0.4 is 14.8 Å². The van der Waals surface area contributed by atoms with E-state index >= 15 is 0 Å². The van der Waals surface area contributed by atoms with Crippen LogP contribution in [0.3, 0.4) is 0 Å². The van der Waals surface area contributed by atoms with E-state index in [1.807, 2.05) is 0 Å². The number of ether oxygens (including phenoxy) is 2. The van der Waals surface area contributed by atoms with Crippen LogP contribution in [-0.4, -0.2) is 59.5 Å². The Morgan fingerprint density at radius 3 is 2.48 bits per heavy atom. The SMILES string of the molecule is COCC1(CNS(=O)(=O)c2ccc(OCC(F)(F)F)nc2)CCNCC1.Cl. The van der Waals surface area contributed by atoms with Crippen LogP contribution in [0.25, 0.3) is 0 Å². The number of sulfonamides is 1. The van der Waals surface area contributed by atoms with E-state index in [4.69, 9.17) is 4.74 Å². The number of halogens is 4. The van der Waals surface area contributed by atoms with E-state index < -0.39 is 22.8 Å². The van der Waals surface area contributed by atoms with E-state index in [9.17, 15) is 21.6 Å². The fraction of sp³-hybridized carbons (Fsp3) is 0.667. The van der Waals surface area contributed by atoms with E-state index in [1.54, 1.807) is 7.11 Å². The van der Waals surface area contributed by atoms with Gasteiger partial charge in [-0.25, -0.2) is 18.1 Å². The molecule has 7 nitrogen and oxygen atoms in total. The molecule has 2 heterocycles. The van der Waals surface area contributed by atoms with Gasteiger partial charge < -0.3 is 14.8 Å². The lowest BCUT2D eigenvalue weighted by Crippen LogP contribution is -2.47. The van der Waals surface area contributed by atoms with Crippen molar-refractivity contribution in [2.45, 2.75) is 23.9 Å². The van der Waals surface area contributed by atoms with E-state index in [0.29, 0.717) is 6.61 Å². The zero-order valence-corrected chi connectivity index (χ0v) is 16.3. The van der Waals surface area contributed by atoms with Gasteiger partial charge in [-0.3, -0.25) is 0 Å². The van der Waals surface area contributed by atoms with Gasteiger partial charge in [0.05, 0.1) is 12.8 Å². The summed E-state index contributed by atoms with van der Waals surface area (Å²) in [6, 6.07) is 2.25. The number of aromatic nitrogens is 1. The van der Waals surface area contributed by atoms with Crippen LogP contribution in [0.2, 0.25) is 0 Å². The summed E-state index contributed by atoms with van der Waals surface area (Å²) < 4.78 is 73.4. The molecule has 2 N–H and O–H groups in total. The van der Waals surface area contributed by atoms with Gasteiger partial charge in [-0.05, 0) is 32.0 Å². The van der Waals surface area contributed by atoms with Crippen LogP contribution in [0.4, 0.5) is 13.2 Å². The normalized spacial score (nSPS) is 17.2. The first-order chi connectivity index (χ1) is 12.2. The van der Waals surface area contributed by atoms with E-state index in [0.717, 1.165) is 44.3 Å². The second-order valence-corrected chi connectivity index (χ2v) is 8.01. The third-order valence-corrected chi connectivity index (χ3v) is 5.54. The number of hydrogen-bond donors (Lipinski definition) is 2. The lowest BCUT2D eigenvalue weighted by molar-refractivity contribution is -0.154. The number of methoxy groups -OCH3 is 1. The summed E-state index contributed by atoms with van der Waals surface area (Å²) in [7, 11) is -2.27. The number of alkyl halides is 3. The zero-order valence-electron chi connectivity index (χ0n) is 14.7. The van der Waals surface area contributed by atoms with Gasteiger partial charge in [0.2, 0.25) is 15.9 Å².